The number of hydrogen-bond acceptors (Lipinski definition) is 8. The number of anilines is 1. The summed E-state index contributed by atoms with van der Waals surface area (Å²) in [6.45, 7) is 1.63. The zero-order valence-electron chi connectivity index (χ0n) is 10.7. The van der Waals surface area contributed by atoms with E-state index in [2.05, 4.69) is 9.97 Å². The summed E-state index contributed by atoms with van der Waals surface area (Å²) >= 11 is 0. The molecule has 0 radical (unpaired) electrons. The lowest BCUT2D eigenvalue weighted by Crippen LogP contribution is -2.02. The first-order valence-corrected chi connectivity index (χ1v) is 5.58. The van der Waals surface area contributed by atoms with E-state index >= 15 is 0 Å². The number of nitrogen functional groups attached to an aromatic ring is 1. The second kappa shape index (κ2) is 5.36. The predicted molar refractivity (Wildman–Crippen MR) is 71.0 cm³/mol. The van der Waals surface area contributed by atoms with E-state index in [0.717, 1.165) is 12.3 Å². The van der Waals surface area contributed by atoms with Gasteiger partial charge in [0.2, 0.25) is 5.95 Å². The van der Waals surface area contributed by atoms with Gasteiger partial charge in [-0.3, -0.25) is 20.2 Å². The van der Waals surface area contributed by atoms with Crippen LogP contribution in [0.1, 0.15) is 5.56 Å². The summed E-state index contributed by atoms with van der Waals surface area (Å²) in [7, 11) is 0. The van der Waals surface area contributed by atoms with Crippen LogP contribution in [-0.4, -0.2) is 19.8 Å². The van der Waals surface area contributed by atoms with Crippen molar-refractivity contribution in [1.82, 2.24) is 9.97 Å². The van der Waals surface area contributed by atoms with Crippen LogP contribution in [-0.2, 0) is 0 Å². The molecular formula is C11H9N5O5. The average Bonchev–Trinajstić information content (AvgIpc) is 2.40. The Morgan fingerprint density at radius 1 is 1.24 bits per heavy atom. The fourth-order valence-electron chi connectivity index (χ4n) is 1.49. The largest absolute Gasteiger partial charge is 0.433 e. The molecule has 0 bridgehead atoms. The molecule has 2 N–H and O–H groups in total. The molecule has 0 aliphatic heterocycles. The van der Waals surface area contributed by atoms with Gasteiger partial charge in [0.05, 0.1) is 15.9 Å². The Hall–Kier alpha value is -3.30. The number of nitro groups is 2. The van der Waals surface area contributed by atoms with Crippen molar-refractivity contribution in [3.8, 4) is 11.6 Å². The predicted octanol–water partition coefficient (Wildman–Crippen LogP) is 1.98. The third-order valence-electron chi connectivity index (χ3n) is 2.54. The molecule has 0 unspecified atom stereocenters. The number of nitro benzene ring substituents is 1. The van der Waals surface area contributed by atoms with Gasteiger partial charge in [-0.15, -0.1) is 0 Å². The van der Waals surface area contributed by atoms with Gasteiger partial charge in [-0.2, -0.15) is 4.98 Å². The van der Waals surface area contributed by atoms with Crippen molar-refractivity contribution < 1.29 is 14.6 Å². The average molecular weight is 291 g/mol. The summed E-state index contributed by atoms with van der Waals surface area (Å²) < 4.78 is 5.30. The van der Waals surface area contributed by atoms with Crippen LogP contribution in [0.3, 0.4) is 0 Å². The first kappa shape index (κ1) is 14.1. The Labute approximate surface area is 117 Å². The normalized spacial score (nSPS) is 10.1. The summed E-state index contributed by atoms with van der Waals surface area (Å²) in [6, 6.07) is 3.91. The summed E-state index contributed by atoms with van der Waals surface area (Å²) in [5, 5.41) is 21.6. The highest BCUT2D eigenvalue weighted by molar-refractivity contribution is 5.49. The van der Waals surface area contributed by atoms with Gasteiger partial charge in [-0.25, -0.2) is 4.98 Å². The minimum Gasteiger partial charge on any atom is -0.433 e. The molecule has 0 amide bonds. The Morgan fingerprint density at radius 3 is 2.57 bits per heavy atom. The number of non-ortho nitro benzene ring substituents is 1. The molecule has 10 nitrogen and oxygen atoms in total. The maximum Gasteiger partial charge on any atom is 0.349 e. The van der Waals surface area contributed by atoms with E-state index in [4.69, 9.17) is 10.5 Å². The number of benzene rings is 1. The van der Waals surface area contributed by atoms with Crippen LogP contribution in [0.2, 0.25) is 0 Å². The molecule has 21 heavy (non-hydrogen) atoms. The molecule has 2 aromatic rings. The van der Waals surface area contributed by atoms with Crippen LogP contribution in [0.15, 0.2) is 24.4 Å². The van der Waals surface area contributed by atoms with Crippen LogP contribution in [0.4, 0.5) is 17.3 Å². The lowest BCUT2D eigenvalue weighted by molar-refractivity contribution is -0.386. The molecule has 1 aromatic carbocycles. The highest BCUT2D eigenvalue weighted by Crippen LogP contribution is 2.32. The van der Waals surface area contributed by atoms with Gasteiger partial charge in [0.25, 0.3) is 5.69 Å². The lowest BCUT2D eigenvalue weighted by Gasteiger charge is -2.08. The molecule has 2 rings (SSSR count). The first-order chi connectivity index (χ1) is 9.88. The van der Waals surface area contributed by atoms with Crippen molar-refractivity contribution in [2.75, 3.05) is 5.73 Å². The molecule has 1 aromatic heterocycles. The van der Waals surface area contributed by atoms with Gasteiger partial charge >= 0.3 is 11.6 Å². The summed E-state index contributed by atoms with van der Waals surface area (Å²) in [5.41, 5.74) is 5.21. The highest BCUT2D eigenvalue weighted by atomic mass is 16.6. The number of rotatable bonds is 4. The second-order valence-corrected chi connectivity index (χ2v) is 3.98. The third kappa shape index (κ3) is 3.00. The van der Waals surface area contributed by atoms with Crippen LogP contribution in [0, 0.1) is 27.2 Å². The molecule has 0 fully saturated rings. The summed E-state index contributed by atoms with van der Waals surface area (Å²) in [5.74, 6) is -0.514. The minimum absolute atomic E-state index is 0.0744. The number of hydrogen-bond donors (Lipinski definition) is 1. The summed E-state index contributed by atoms with van der Waals surface area (Å²) in [6.07, 6.45) is 0.907. The summed E-state index contributed by atoms with van der Waals surface area (Å²) in [4.78, 5) is 27.4. The van der Waals surface area contributed by atoms with E-state index in [1.165, 1.54) is 12.1 Å². The lowest BCUT2D eigenvalue weighted by atomic mass is 10.2. The minimum atomic E-state index is -0.735. The Morgan fingerprint density at radius 2 is 1.95 bits per heavy atom. The van der Waals surface area contributed by atoms with Gasteiger partial charge in [-0.1, -0.05) is 0 Å². The first-order valence-electron chi connectivity index (χ1n) is 5.58. The Balaban J connectivity index is 2.47. The molecule has 0 aliphatic rings. The molecule has 1 heterocycles. The van der Waals surface area contributed by atoms with Crippen LogP contribution in [0.5, 0.6) is 11.6 Å². The van der Waals surface area contributed by atoms with Crippen molar-refractivity contribution in [2.45, 2.75) is 6.92 Å². The van der Waals surface area contributed by atoms with E-state index in [0.29, 0.717) is 5.56 Å². The van der Waals surface area contributed by atoms with Crippen molar-refractivity contribution in [3.05, 3.63) is 50.2 Å². The fraction of sp³-hybridized carbons (Fsp3) is 0.0909. The molecule has 0 aliphatic carbocycles. The van der Waals surface area contributed by atoms with E-state index in [1.54, 1.807) is 6.92 Å². The third-order valence-corrected chi connectivity index (χ3v) is 2.54. The van der Waals surface area contributed by atoms with Crippen LogP contribution < -0.4 is 10.5 Å². The van der Waals surface area contributed by atoms with Crippen molar-refractivity contribution in [1.29, 1.82) is 0 Å². The highest BCUT2D eigenvalue weighted by Gasteiger charge is 2.20. The topological polar surface area (TPSA) is 147 Å². The van der Waals surface area contributed by atoms with Gasteiger partial charge in [-0.05, 0) is 18.6 Å². The number of nitrogens with two attached hydrogens (primary N) is 1. The Kier molecular flexibility index (Phi) is 3.61. The van der Waals surface area contributed by atoms with Crippen molar-refractivity contribution in [3.63, 3.8) is 0 Å². The molecule has 10 heteroatoms. The molecule has 0 saturated heterocycles. The van der Waals surface area contributed by atoms with Gasteiger partial charge in [0.1, 0.15) is 11.9 Å². The van der Waals surface area contributed by atoms with Gasteiger partial charge < -0.3 is 10.5 Å². The zero-order valence-corrected chi connectivity index (χ0v) is 10.7. The smallest absolute Gasteiger partial charge is 0.349 e. The number of aromatic nitrogens is 2. The van der Waals surface area contributed by atoms with Crippen molar-refractivity contribution in [2.24, 2.45) is 0 Å². The van der Waals surface area contributed by atoms with E-state index in [1.807, 2.05) is 0 Å². The van der Waals surface area contributed by atoms with E-state index < -0.39 is 15.5 Å². The zero-order chi connectivity index (χ0) is 15.6. The van der Waals surface area contributed by atoms with Crippen molar-refractivity contribution >= 4 is 17.3 Å². The standard InChI is InChI=1S/C11H9N5O5/c1-6-2-3-7(15(17)18)4-9(6)21-10-8(16(19)20)5-13-11(12)14-10/h2-5H,1H3,(H2,12,13,14). The van der Waals surface area contributed by atoms with Crippen LogP contribution in [0.25, 0.3) is 0 Å². The molecular weight excluding hydrogens is 282 g/mol. The molecule has 108 valence electrons. The maximum atomic E-state index is 10.9. The number of ether oxygens (including phenoxy) is 1. The number of nitrogens with zero attached hydrogens (tertiary/aromatic N) is 4. The monoisotopic (exact) mass is 291 g/mol. The fourth-order valence-corrected chi connectivity index (χ4v) is 1.49. The molecule has 0 saturated carbocycles. The molecule has 0 atom stereocenters. The van der Waals surface area contributed by atoms with Crippen LogP contribution >= 0.6 is 0 Å². The maximum absolute atomic E-state index is 10.9. The van der Waals surface area contributed by atoms with Gasteiger partial charge in [0, 0.05) is 6.07 Å². The number of aryl methyl sites for hydroxylation is 1. The second-order valence-electron chi connectivity index (χ2n) is 3.98. The quantitative estimate of drug-likeness (QED) is 0.663. The molecule has 0 spiro atoms. The SMILES string of the molecule is Cc1ccc([N+](=O)[O-])cc1Oc1nc(N)ncc1[N+](=O)[O-]. The van der Waals surface area contributed by atoms with E-state index in [9.17, 15) is 20.2 Å². The Bertz CT molecular complexity index is 733. The van der Waals surface area contributed by atoms with E-state index in [-0.39, 0.29) is 23.3 Å². The van der Waals surface area contributed by atoms with Gasteiger partial charge in [0.15, 0.2) is 0 Å².